The summed E-state index contributed by atoms with van der Waals surface area (Å²) in [5.74, 6) is 0.224. The monoisotopic (exact) mass is 492 g/mol. The van der Waals surface area contributed by atoms with Gasteiger partial charge in [-0.1, -0.05) is 26.7 Å². The third-order valence-corrected chi connectivity index (χ3v) is 8.24. The molecule has 9 nitrogen and oxygen atoms in total. The molecule has 9 atom stereocenters. The minimum atomic E-state index is -1.58. The molecule has 0 aliphatic carbocycles. The van der Waals surface area contributed by atoms with Gasteiger partial charge in [-0.2, -0.15) is 0 Å². The van der Waals surface area contributed by atoms with Crippen molar-refractivity contribution < 1.29 is 57.6 Å². The largest absolute Gasteiger partial charge is 1.00 e. The summed E-state index contributed by atoms with van der Waals surface area (Å²) in [6.07, 6.45) is -5.14. The maximum atomic E-state index is 10.7. The maximum absolute atomic E-state index is 10.7. The van der Waals surface area contributed by atoms with Crippen LogP contribution in [0.25, 0.3) is 0 Å². The first-order chi connectivity index (χ1) is 14.3. The van der Waals surface area contributed by atoms with Crippen LogP contribution < -0.4 is 12.4 Å². The topological polar surface area (TPSA) is 160 Å². The third kappa shape index (κ3) is 9.58. The Morgan fingerprint density at radius 2 is 1.52 bits per heavy atom. The molecule has 0 aromatic rings. The molecule has 0 saturated carbocycles. The predicted octanol–water partition coefficient (Wildman–Crippen LogP) is -4.85. The van der Waals surface area contributed by atoms with Crippen LogP contribution in [-0.4, -0.2) is 122 Å². The van der Waals surface area contributed by atoms with E-state index in [2.05, 4.69) is 0 Å². The van der Waals surface area contributed by atoms with Gasteiger partial charge in [0.2, 0.25) is 0 Å². The van der Waals surface area contributed by atoms with Gasteiger partial charge in [0.25, 0.3) is 0 Å². The van der Waals surface area contributed by atoms with Gasteiger partial charge in [-0.3, -0.25) is 0 Å². The van der Waals surface area contributed by atoms with Crippen LogP contribution in [0.15, 0.2) is 0 Å². The second-order valence-corrected chi connectivity index (χ2v) is 10.2. The van der Waals surface area contributed by atoms with E-state index in [0.29, 0.717) is 13.2 Å². The zero-order chi connectivity index (χ0) is 22.7. The van der Waals surface area contributed by atoms with E-state index in [4.69, 9.17) is 9.47 Å². The SMILES string of the molecule is CCCCO[C@@H]([C@@H](O)[C@H](O)[C@H](O)C[S@@+]1C[C@@H](O)[C@H](O)[C@H]1CO)[C@H](CO)OCCCC.[Cl-]. The van der Waals surface area contributed by atoms with Crippen molar-refractivity contribution in [2.24, 2.45) is 0 Å². The highest BCUT2D eigenvalue weighted by Crippen LogP contribution is 2.26. The van der Waals surface area contributed by atoms with Crippen molar-refractivity contribution >= 4 is 10.9 Å². The second-order valence-electron chi connectivity index (χ2n) is 7.83. The summed E-state index contributed by atoms with van der Waals surface area (Å²) < 4.78 is 11.4. The van der Waals surface area contributed by atoms with Crippen LogP contribution in [0.5, 0.6) is 0 Å². The zero-order valence-corrected chi connectivity index (χ0v) is 20.0. The van der Waals surface area contributed by atoms with Crippen LogP contribution in [0.4, 0.5) is 0 Å². The lowest BCUT2D eigenvalue weighted by Crippen LogP contribution is -3.00. The molecule has 0 unspecified atom stereocenters. The van der Waals surface area contributed by atoms with E-state index in [1.807, 2.05) is 13.8 Å². The number of rotatable bonds is 16. The number of unbranched alkanes of at least 4 members (excludes halogenated alkanes) is 2. The average Bonchev–Trinajstić information content (AvgIpc) is 3.00. The number of halogens is 1. The van der Waals surface area contributed by atoms with E-state index < -0.39 is 65.5 Å². The lowest BCUT2D eigenvalue weighted by Gasteiger charge is -2.33. The first-order valence-electron chi connectivity index (χ1n) is 10.8. The second kappa shape index (κ2) is 16.8. The van der Waals surface area contributed by atoms with E-state index in [1.54, 1.807) is 0 Å². The molecule has 1 rings (SSSR count). The summed E-state index contributed by atoms with van der Waals surface area (Å²) in [7, 11) is -0.724. The van der Waals surface area contributed by atoms with Gasteiger partial charge >= 0.3 is 0 Å². The highest BCUT2D eigenvalue weighted by Gasteiger charge is 2.51. The van der Waals surface area contributed by atoms with E-state index >= 15 is 0 Å². The molecule has 7 N–H and O–H groups in total. The van der Waals surface area contributed by atoms with Crippen molar-refractivity contribution in [3.8, 4) is 0 Å². The first kappa shape index (κ1) is 31.3. The molecule has 1 heterocycles. The van der Waals surface area contributed by atoms with Crippen LogP contribution >= 0.6 is 0 Å². The quantitative estimate of drug-likeness (QED) is 0.0827. The molecule has 0 amide bonds. The van der Waals surface area contributed by atoms with Gasteiger partial charge < -0.3 is 57.6 Å². The zero-order valence-electron chi connectivity index (χ0n) is 18.4. The fourth-order valence-corrected chi connectivity index (χ4v) is 6.14. The van der Waals surface area contributed by atoms with Crippen LogP contribution in [0, 0.1) is 0 Å². The molecule has 0 aromatic carbocycles. The van der Waals surface area contributed by atoms with Gasteiger partial charge in [-0.05, 0) is 12.8 Å². The summed E-state index contributed by atoms with van der Waals surface area (Å²) in [4.78, 5) is 0. The van der Waals surface area contributed by atoms with Crippen molar-refractivity contribution in [2.45, 2.75) is 87.5 Å². The van der Waals surface area contributed by atoms with Gasteiger partial charge in [0.15, 0.2) is 5.25 Å². The Bertz CT molecular complexity index is 451. The molecule has 0 aromatic heterocycles. The van der Waals surface area contributed by atoms with Crippen LogP contribution in [0.2, 0.25) is 0 Å². The van der Waals surface area contributed by atoms with Crippen LogP contribution in [-0.2, 0) is 20.4 Å². The Morgan fingerprint density at radius 3 is 2.03 bits per heavy atom. The summed E-state index contributed by atoms with van der Waals surface area (Å²) in [5, 5.41) is 70.2. The number of hydrogen-bond donors (Lipinski definition) is 7. The lowest BCUT2D eigenvalue weighted by atomic mass is 9.99. The van der Waals surface area contributed by atoms with E-state index in [-0.39, 0.29) is 30.5 Å². The van der Waals surface area contributed by atoms with Gasteiger partial charge in [0.1, 0.15) is 54.2 Å². The Kier molecular flexibility index (Phi) is 17.0. The Balaban J connectivity index is 0.00000900. The molecule has 0 spiro atoms. The smallest absolute Gasteiger partial charge is 0.169 e. The Labute approximate surface area is 194 Å². The Hall–Kier alpha value is 0.280. The van der Waals surface area contributed by atoms with Gasteiger partial charge in [-0.15, -0.1) is 0 Å². The van der Waals surface area contributed by atoms with Crippen LogP contribution in [0.1, 0.15) is 39.5 Å². The number of hydrogen-bond acceptors (Lipinski definition) is 9. The fourth-order valence-electron chi connectivity index (χ4n) is 3.45. The van der Waals surface area contributed by atoms with Crippen molar-refractivity contribution in [3.63, 3.8) is 0 Å². The number of aliphatic hydroxyl groups is 7. The molecule has 1 saturated heterocycles. The standard InChI is InChI=1S/C20H41O9S.ClH/c1-3-5-7-28-15(9-21)20(29-8-6-4-2)19(27)18(26)14(24)12-30-11-13(23)17(25)16(30)10-22;/h13-27H,3-12H2,1-2H3;1H/q+1;/p-1/t13-,14-,15+,16-,17+,18-,19+,20-,30-;/m1./s1. The molecule has 188 valence electrons. The van der Waals surface area contributed by atoms with Gasteiger partial charge in [0.05, 0.1) is 13.2 Å². The highest BCUT2D eigenvalue weighted by atomic mass is 35.5. The first-order valence-corrected chi connectivity index (χ1v) is 12.5. The van der Waals surface area contributed by atoms with Crippen molar-refractivity contribution in [2.75, 3.05) is 37.9 Å². The number of ether oxygens (including phenoxy) is 2. The van der Waals surface area contributed by atoms with Crippen LogP contribution in [0.3, 0.4) is 0 Å². The average molecular weight is 493 g/mol. The van der Waals surface area contributed by atoms with E-state index in [9.17, 15) is 35.7 Å². The highest BCUT2D eigenvalue weighted by molar-refractivity contribution is 7.97. The molecule has 11 heteroatoms. The number of aliphatic hydroxyl groups excluding tert-OH is 7. The minimum absolute atomic E-state index is 0. The predicted molar refractivity (Wildman–Crippen MR) is 114 cm³/mol. The molecule has 0 bridgehead atoms. The van der Waals surface area contributed by atoms with Crippen molar-refractivity contribution in [3.05, 3.63) is 0 Å². The lowest BCUT2D eigenvalue weighted by molar-refractivity contribution is -0.172. The fraction of sp³-hybridized carbons (Fsp3) is 1.00. The summed E-state index contributed by atoms with van der Waals surface area (Å²) in [6.45, 7) is 3.92. The molecule has 31 heavy (non-hydrogen) atoms. The molecule has 1 aliphatic heterocycles. The van der Waals surface area contributed by atoms with E-state index in [0.717, 1.165) is 25.7 Å². The van der Waals surface area contributed by atoms with Crippen molar-refractivity contribution in [1.29, 1.82) is 0 Å². The normalized spacial score (nSPS) is 28.5. The third-order valence-electron chi connectivity index (χ3n) is 5.42. The maximum Gasteiger partial charge on any atom is 0.169 e. The molecular formula is C20H41ClO9S. The summed E-state index contributed by atoms with van der Waals surface area (Å²) in [5.41, 5.74) is 0. The van der Waals surface area contributed by atoms with E-state index in [1.165, 1.54) is 0 Å². The summed E-state index contributed by atoms with van der Waals surface area (Å²) >= 11 is 0. The van der Waals surface area contributed by atoms with Crippen molar-refractivity contribution in [1.82, 2.24) is 0 Å². The van der Waals surface area contributed by atoms with Gasteiger partial charge in [-0.25, -0.2) is 0 Å². The minimum Gasteiger partial charge on any atom is -1.00 e. The molecule has 1 aliphatic rings. The molecule has 1 fully saturated rings. The Morgan fingerprint density at radius 1 is 0.935 bits per heavy atom. The molecule has 0 radical (unpaired) electrons. The molecular weight excluding hydrogens is 452 g/mol. The summed E-state index contributed by atoms with van der Waals surface area (Å²) in [6, 6.07) is 0. The van der Waals surface area contributed by atoms with Gasteiger partial charge in [0, 0.05) is 24.1 Å².